The molecule has 2 rings (SSSR count). The number of carbonyl (C=O) groups is 2. The van der Waals surface area contributed by atoms with Crippen molar-refractivity contribution in [3.63, 3.8) is 0 Å². The molecule has 0 aromatic carbocycles. The smallest absolute Gasteiger partial charge is 0.306 e. The van der Waals surface area contributed by atoms with E-state index < -0.39 is 5.97 Å². The van der Waals surface area contributed by atoms with Crippen molar-refractivity contribution in [3.8, 4) is 0 Å². The molecule has 17 heavy (non-hydrogen) atoms. The van der Waals surface area contributed by atoms with Gasteiger partial charge in [0, 0.05) is 17.5 Å². The van der Waals surface area contributed by atoms with Gasteiger partial charge in [0.1, 0.15) is 0 Å². The molecule has 2 N–H and O–H groups in total. The minimum absolute atomic E-state index is 0.0788. The zero-order valence-corrected chi connectivity index (χ0v) is 10.2. The van der Waals surface area contributed by atoms with Gasteiger partial charge in [-0.2, -0.15) is 11.3 Å². The van der Waals surface area contributed by atoms with Gasteiger partial charge < -0.3 is 10.4 Å². The molecule has 0 aliphatic heterocycles. The molecule has 0 spiro atoms. The van der Waals surface area contributed by atoms with E-state index in [1.165, 1.54) is 11.3 Å². The lowest BCUT2D eigenvalue weighted by atomic mass is 9.96. The maximum Gasteiger partial charge on any atom is 0.306 e. The van der Waals surface area contributed by atoms with E-state index in [0.29, 0.717) is 12.1 Å². The van der Waals surface area contributed by atoms with Crippen molar-refractivity contribution in [2.24, 2.45) is 11.8 Å². The fraction of sp³-hybridized carbons (Fsp3) is 0.500. The van der Waals surface area contributed by atoms with Crippen LogP contribution < -0.4 is 5.32 Å². The average Bonchev–Trinajstić information content (AvgIpc) is 2.96. The summed E-state index contributed by atoms with van der Waals surface area (Å²) in [6.07, 6.45) is 2.56. The van der Waals surface area contributed by atoms with E-state index in [2.05, 4.69) is 5.32 Å². The molecule has 1 aliphatic rings. The number of hydrogen-bond donors (Lipinski definition) is 2. The van der Waals surface area contributed by atoms with Gasteiger partial charge in [0.15, 0.2) is 0 Å². The topological polar surface area (TPSA) is 66.4 Å². The highest BCUT2D eigenvalue weighted by atomic mass is 32.1. The predicted octanol–water partition coefficient (Wildman–Crippen LogP) is 1.98. The first-order valence-corrected chi connectivity index (χ1v) is 6.66. The van der Waals surface area contributed by atoms with Crippen LogP contribution in [-0.2, 0) is 4.79 Å². The van der Waals surface area contributed by atoms with Crippen LogP contribution in [0.15, 0.2) is 16.8 Å². The van der Waals surface area contributed by atoms with Crippen LogP contribution in [0.3, 0.4) is 0 Å². The van der Waals surface area contributed by atoms with Crippen LogP contribution in [0.1, 0.15) is 29.6 Å². The first-order valence-electron chi connectivity index (χ1n) is 5.71. The molecule has 0 radical (unpaired) electrons. The van der Waals surface area contributed by atoms with Crippen LogP contribution in [0.5, 0.6) is 0 Å². The highest BCUT2D eigenvalue weighted by molar-refractivity contribution is 7.08. The SMILES string of the molecule is O=C(NCC1CCCC1C(=O)O)c1ccsc1. The molecule has 2 unspecified atom stereocenters. The second kappa shape index (κ2) is 5.31. The Morgan fingerprint density at radius 1 is 1.47 bits per heavy atom. The maximum atomic E-state index is 11.7. The van der Waals surface area contributed by atoms with Crippen LogP contribution >= 0.6 is 11.3 Å². The molecule has 1 aromatic heterocycles. The van der Waals surface area contributed by atoms with Gasteiger partial charge in [-0.05, 0) is 30.2 Å². The number of rotatable bonds is 4. The van der Waals surface area contributed by atoms with Crippen LogP contribution in [0.2, 0.25) is 0 Å². The van der Waals surface area contributed by atoms with E-state index in [0.717, 1.165) is 19.3 Å². The molecular formula is C12H15NO3S. The van der Waals surface area contributed by atoms with Crippen molar-refractivity contribution in [3.05, 3.63) is 22.4 Å². The van der Waals surface area contributed by atoms with E-state index in [-0.39, 0.29) is 17.7 Å². The van der Waals surface area contributed by atoms with Crippen molar-refractivity contribution >= 4 is 23.2 Å². The van der Waals surface area contributed by atoms with Gasteiger partial charge in [-0.15, -0.1) is 0 Å². The quantitative estimate of drug-likeness (QED) is 0.862. The molecule has 5 heteroatoms. The number of carbonyl (C=O) groups excluding carboxylic acids is 1. The second-order valence-electron chi connectivity index (χ2n) is 4.36. The van der Waals surface area contributed by atoms with E-state index in [1.807, 2.05) is 5.38 Å². The summed E-state index contributed by atoms with van der Waals surface area (Å²) in [7, 11) is 0. The summed E-state index contributed by atoms with van der Waals surface area (Å²) >= 11 is 1.48. The zero-order valence-electron chi connectivity index (χ0n) is 9.39. The molecule has 1 amide bonds. The Kier molecular flexibility index (Phi) is 3.78. The average molecular weight is 253 g/mol. The summed E-state index contributed by atoms with van der Waals surface area (Å²) < 4.78 is 0. The lowest BCUT2D eigenvalue weighted by Gasteiger charge is -2.15. The largest absolute Gasteiger partial charge is 0.481 e. The summed E-state index contributed by atoms with van der Waals surface area (Å²) in [5, 5.41) is 15.5. The third kappa shape index (κ3) is 2.85. The van der Waals surface area contributed by atoms with Crippen LogP contribution in [-0.4, -0.2) is 23.5 Å². The standard InChI is InChI=1S/C12H15NO3S/c14-11(9-4-5-17-7-9)13-6-8-2-1-3-10(8)12(15)16/h4-5,7-8,10H,1-3,6H2,(H,13,14)(H,15,16). The summed E-state index contributed by atoms with van der Waals surface area (Å²) in [6, 6.07) is 1.77. The van der Waals surface area contributed by atoms with Crippen molar-refractivity contribution in [2.75, 3.05) is 6.54 Å². The van der Waals surface area contributed by atoms with E-state index >= 15 is 0 Å². The molecule has 0 saturated heterocycles. The second-order valence-corrected chi connectivity index (χ2v) is 5.14. The Morgan fingerprint density at radius 2 is 2.29 bits per heavy atom. The molecular weight excluding hydrogens is 238 g/mol. The Hall–Kier alpha value is -1.36. The highest BCUT2D eigenvalue weighted by Gasteiger charge is 2.32. The maximum absolute atomic E-state index is 11.7. The molecule has 1 saturated carbocycles. The monoisotopic (exact) mass is 253 g/mol. The third-order valence-corrected chi connectivity index (χ3v) is 3.97. The summed E-state index contributed by atoms with van der Waals surface area (Å²) in [5.74, 6) is -1.06. The Labute approximate surface area is 104 Å². The van der Waals surface area contributed by atoms with Gasteiger partial charge in [0.05, 0.1) is 5.92 Å². The number of carboxylic acid groups (broad SMARTS) is 1. The Morgan fingerprint density at radius 3 is 2.94 bits per heavy atom. The molecule has 1 aromatic rings. The summed E-state index contributed by atoms with van der Waals surface area (Å²) in [6.45, 7) is 0.464. The van der Waals surface area contributed by atoms with Gasteiger partial charge in [0.25, 0.3) is 5.91 Å². The van der Waals surface area contributed by atoms with Gasteiger partial charge in [-0.1, -0.05) is 6.42 Å². The summed E-state index contributed by atoms with van der Waals surface area (Å²) in [4.78, 5) is 22.7. The van der Waals surface area contributed by atoms with Gasteiger partial charge in [-0.25, -0.2) is 0 Å². The van der Waals surface area contributed by atoms with Gasteiger partial charge in [-0.3, -0.25) is 9.59 Å². The lowest BCUT2D eigenvalue weighted by Crippen LogP contribution is -2.32. The molecule has 1 aliphatic carbocycles. The Balaban J connectivity index is 1.86. The van der Waals surface area contributed by atoms with Gasteiger partial charge >= 0.3 is 5.97 Å². The summed E-state index contributed by atoms with van der Waals surface area (Å²) in [5.41, 5.74) is 0.653. The zero-order chi connectivity index (χ0) is 12.3. The van der Waals surface area contributed by atoms with Crippen LogP contribution in [0, 0.1) is 11.8 Å². The molecule has 2 atom stereocenters. The van der Waals surface area contributed by atoms with E-state index in [1.54, 1.807) is 11.4 Å². The minimum Gasteiger partial charge on any atom is -0.481 e. The molecule has 1 fully saturated rings. The van der Waals surface area contributed by atoms with Crippen molar-refractivity contribution in [2.45, 2.75) is 19.3 Å². The number of carboxylic acids is 1. The number of amides is 1. The van der Waals surface area contributed by atoms with Crippen molar-refractivity contribution < 1.29 is 14.7 Å². The lowest BCUT2D eigenvalue weighted by molar-refractivity contribution is -0.142. The van der Waals surface area contributed by atoms with Crippen LogP contribution in [0.4, 0.5) is 0 Å². The normalized spacial score (nSPS) is 23.5. The van der Waals surface area contributed by atoms with Gasteiger partial charge in [0.2, 0.25) is 0 Å². The number of hydrogen-bond acceptors (Lipinski definition) is 3. The minimum atomic E-state index is -0.739. The molecule has 4 nitrogen and oxygen atoms in total. The van der Waals surface area contributed by atoms with Crippen LogP contribution in [0.25, 0.3) is 0 Å². The predicted molar refractivity (Wildman–Crippen MR) is 65.1 cm³/mol. The van der Waals surface area contributed by atoms with Crippen molar-refractivity contribution in [1.82, 2.24) is 5.32 Å². The number of thiophene rings is 1. The van der Waals surface area contributed by atoms with Crippen molar-refractivity contribution in [1.29, 1.82) is 0 Å². The molecule has 92 valence electrons. The van der Waals surface area contributed by atoms with E-state index in [9.17, 15) is 9.59 Å². The Bertz CT molecular complexity index is 402. The third-order valence-electron chi connectivity index (χ3n) is 3.28. The fourth-order valence-electron chi connectivity index (χ4n) is 2.33. The first-order chi connectivity index (χ1) is 8.18. The van der Waals surface area contributed by atoms with E-state index in [4.69, 9.17) is 5.11 Å². The first kappa shape index (κ1) is 12.1. The molecule has 0 bridgehead atoms. The highest BCUT2D eigenvalue weighted by Crippen LogP contribution is 2.31. The number of aliphatic carboxylic acids is 1. The fourth-order valence-corrected chi connectivity index (χ4v) is 2.96. The number of nitrogens with one attached hydrogen (secondary N) is 1. The molecule has 1 heterocycles.